The standard InChI is InChI=1S/C17H11Cl2NO3/c18-12-6-7-15(14(19)8-12)23-16(21)9-13-10-22-17(20-13)11-4-2-1-3-5-11/h1-8,10H,9H2. The van der Waals surface area contributed by atoms with Gasteiger partial charge in [0.1, 0.15) is 12.0 Å². The Hall–Kier alpha value is -2.30. The molecule has 0 amide bonds. The Bertz CT molecular complexity index is 831. The molecule has 1 aromatic heterocycles. The maximum absolute atomic E-state index is 12.0. The molecule has 0 aliphatic heterocycles. The van der Waals surface area contributed by atoms with Crippen molar-refractivity contribution in [3.05, 3.63) is 70.5 Å². The summed E-state index contributed by atoms with van der Waals surface area (Å²) in [6.07, 6.45) is 1.42. The first-order valence-corrected chi connectivity index (χ1v) is 7.53. The SMILES string of the molecule is O=C(Cc1coc(-c2ccccc2)n1)Oc1ccc(Cl)cc1Cl. The number of carbonyl (C=O) groups is 1. The number of hydrogen-bond acceptors (Lipinski definition) is 4. The zero-order chi connectivity index (χ0) is 16.2. The molecule has 0 saturated carbocycles. The summed E-state index contributed by atoms with van der Waals surface area (Å²) in [5.74, 6) is 0.230. The molecule has 1 heterocycles. The zero-order valence-electron chi connectivity index (χ0n) is 11.8. The lowest BCUT2D eigenvalue weighted by molar-refractivity contribution is -0.133. The van der Waals surface area contributed by atoms with Crippen LogP contribution in [0.2, 0.25) is 10.0 Å². The summed E-state index contributed by atoms with van der Waals surface area (Å²) >= 11 is 11.8. The molecule has 0 fully saturated rings. The number of aromatic nitrogens is 1. The summed E-state index contributed by atoms with van der Waals surface area (Å²) in [7, 11) is 0. The molecular weight excluding hydrogens is 337 g/mol. The van der Waals surface area contributed by atoms with Crippen molar-refractivity contribution in [1.82, 2.24) is 4.98 Å². The monoisotopic (exact) mass is 347 g/mol. The van der Waals surface area contributed by atoms with Gasteiger partial charge in [0.05, 0.1) is 17.1 Å². The van der Waals surface area contributed by atoms with E-state index < -0.39 is 5.97 Å². The Labute approximate surface area is 142 Å². The molecule has 0 aliphatic carbocycles. The molecule has 0 radical (unpaired) electrons. The summed E-state index contributed by atoms with van der Waals surface area (Å²) in [6.45, 7) is 0. The van der Waals surface area contributed by atoms with Gasteiger partial charge in [0.15, 0.2) is 0 Å². The van der Waals surface area contributed by atoms with E-state index in [0.29, 0.717) is 16.6 Å². The molecule has 0 bridgehead atoms. The van der Waals surface area contributed by atoms with Crippen molar-refractivity contribution >= 4 is 29.2 Å². The normalized spacial score (nSPS) is 10.5. The number of rotatable bonds is 4. The van der Waals surface area contributed by atoms with Gasteiger partial charge in [-0.2, -0.15) is 0 Å². The van der Waals surface area contributed by atoms with Crippen molar-refractivity contribution < 1.29 is 13.9 Å². The number of carbonyl (C=O) groups excluding carboxylic acids is 1. The quantitative estimate of drug-likeness (QED) is 0.502. The van der Waals surface area contributed by atoms with Crippen molar-refractivity contribution in [3.63, 3.8) is 0 Å². The van der Waals surface area contributed by atoms with E-state index in [1.165, 1.54) is 12.3 Å². The first-order valence-electron chi connectivity index (χ1n) is 6.77. The van der Waals surface area contributed by atoms with Gasteiger partial charge < -0.3 is 9.15 Å². The smallest absolute Gasteiger partial charge is 0.317 e. The average molecular weight is 348 g/mol. The summed E-state index contributed by atoms with van der Waals surface area (Å²) in [4.78, 5) is 16.2. The second-order valence-electron chi connectivity index (χ2n) is 4.74. The first kappa shape index (κ1) is 15.6. The van der Waals surface area contributed by atoms with Crippen LogP contribution in [-0.2, 0) is 11.2 Å². The van der Waals surface area contributed by atoms with Crippen LogP contribution in [0.1, 0.15) is 5.69 Å². The fourth-order valence-corrected chi connectivity index (χ4v) is 2.41. The van der Waals surface area contributed by atoms with Crippen LogP contribution in [0.4, 0.5) is 0 Å². The Morgan fingerprint density at radius 2 is 1.91 bits per heavy atom. The van der Waals surface area contributed by atoms with Crippen molar-refractivity contribution in [2.75, 3.05) is 0 Å². The van der Waals surface area contributed by atoms with E-state index >= 15 is 0 Å². The zero-order valence-corrected chi connectivity index (χ0v) is 13.3. The second-order valence-corrected chi connectivity index (χ2v) is 5.58. The Morgan fingerprint density at radius 3 is 2.65 bits per heavy atom. The molecule has 0 spiro atoms. The lowest BCUT2D eigenvalue weighted by atomic mass is 10.2. The van der Waals surface area contributed by atoms with Crippen molar-refractivity contribution in [2.24, 2.45) is 0 Å². The maximum atomic E-state index is 12.0. The summed E-state index contributed by atoms with van der Waals surface area (Å²) in [6, 6.07) is 14.1. The van der Waals surface area contributed by atoms with Crippen LogP contribution >= 0.6 is 23.2 Å². The third-order valence-electron chi connectivity index (χ3n) is 3.02. The summed E-state index contributed by atoms with van der Waals surface area (Å²) in [5, 5.41) is 0.745. The fraction of sp³-hybridized carbons (Fsp3) is 0.0588. The van der Waals surface area contributed by atoms with E-state index in [2.05, 4.69) is 4.98 Å². The predicted octanol–water partition coefficient (Wildman–Crippen LogP) is 4.80. The number of oxazole rings is 1. The predicted molar refractivity (Wildman–Crippen MR) is 87.7 cm³/mol. The number of ether oxygens (including phenoxy) is 1. The molecule has 6 heteroatoms. The van der Waals surface area contributed by atoms with Crippen LogP contribution in [-0.4, -0.2) is 11.0 Å². The third-order valence-corrected chi connectivity index (χ3v) is 3.55. The van der Waals surface area contributed by atoms with E-state index in [1.54, 1.807) is 12.1 Å². The highest BCUT2D eigenvalue weighted by Gasteiger charge is 2.13. The average Bonchev–Trinajstić information content (AvgIpc) is 2.99. The first-order chi connectivity index (χ1) is 11.1. The lowest BCUT2D eigenvalue weighted by Gasteiger charge is -2.05. The van der Waals surface area contributed by atoms with E-state index in [9.17, 15) is 4.79 Å². The molecule has 3 rings (SSSR count). The van der Waals surface area contributed by atoms with Gasteiger partial charge in [0, 0.05) is 10.6 Å². The van der Waals surface area contributed by atoms with Gasteiger partial charge in [-0.05, 0) is 30.3 Å². The van der Waals surface area contributed by atoms with Crippen molar-refractivity contribution in [2.45, 2.75) is 6.42 Å². The van der Waals surface area contributed by atoms with Gasteiger partial charge in [0.2, 0.25) is 5.89 Å². The van der Waals surface area contributed by atoms with Gasteiger partial charge >= 0.3 is 5.97 Å². The minimum atomic E-state index is -0.484. The summed E-state index contributed by atoms with van der Waals surface area (Å²) < 4.78 is 10.6. The van der Waals surface area contributed by atoms with Crippen LogP contribution < -0.4 is 4.74 Å². The highest BCUT2D eigenvalue weighted by molar-refractivity contribution is 6.35. The molecule has 4 nitrogen and oxygen atoms in total. The van der Waals surface area contributed by atoms with Gasteiger partial charge in [-0.25, -0.2) is 4.98 Å². The molecule has 2 aromatic carbocycles. The molecular formula is C17H11Cl2NO3. The minimum Gasteiger partial charge on any atom is -0.444 e. The number of esters is 1. The van der Waals surface area contributed by atoms with Crippen LogP contribution in [0, 0.1) is 0 Å². The number of nitrogens with zero attached hydrogens (tertiary/aromatic N) is 1. The molecule has 0 aliphatic rings. The van der Waals surface area contributed by atoms with Gasteiger partial charge in [-0.3, -0.25) is 4.79 Å². The Morgan fingerprint density at radius 1 is 1.13 bits per heavy atom. The second kappa shape index (κ2) is 6.86. The fourth-order valence-electron chi connectivity index (χ4n) is 1.97. The van der Waals surface area contributed by atoms with Gasteiger partial charge in [0.25, 0.3) is 0 Å². The molecule has 0 saturated heterocycles. The molecule has 0 N–H and O–H groups in total. The Balaban J connectivity index is 1.68. The van der Waals surface area contributed by atoms with Crippen molar-refractivity contribution in [1.29, 1.82) is 0 Å². The molecule has 3 aromatic rings. The maximum Gasteiger partial charge on any atom is 0.317 e. The molecule has 0 atom stereocenters. The number of hydrogen-bond donors (Lipinski definition) is 0. The largest absolute Gasteiger partial charge is 0.444 e. The topological polar surface area (TPSA) is 52.3 Å². The van der Waals surface area contributed by atoms with Crippen molar-refractivity contribution in [3.8, 4) is 17.2 Å². The Kier molecular flexibility index (Phi) is 4.65. The van der Waals surface area contributed by atoms with Crippen LogP contribution in [0.25, 0.3) is 11.5 Å². The molecule has 23 heavy (non-hydrogen) atoms. The molecule has 116 valence electrons. The number of benzene rings is 2. The minimum absolute atomic E-state index is 0.0186. The van der Waals surface area contributed by atoms with E-state index in [-0.39, 0.29) is 17.2 Å². The highest BCUT2D eigenvalue weighted by Crippen LogP contribution is 2.28. The molecule has 0 unspecified atom stereocenters. The number of halogens is 2. The van der Waals surface area contributed by atoms with E-state index in [4.69, 9.17) is 32.4 Å². The third kappa shape index (κ3) is 3.92. The van der Waals surface area contributed by atoms with Gasteiger partial charge in [-0.1, -0.05) is 41.4 Å². The lowest BCUT2D eigenvalue weighted by Crippen LogP contribution is -2.11. The van der Waals surface area contributed by atoms with E-state index in [1.807, 2.05) is 30.3 Å². The van der Waals surface area contributed by atoms with Gasteiger partial charge in [-0.15, -0.1) is 0 Å². The van der Waals surface area contributed by atoms with Crippen LogP contribution in [0.3, 0.4) is 0 Å². The highest BCUT2D eigenvalue weighted by atomic mass is 35.5. The van der Waals surface area contributed by atoms with E-state index in [0.717, 1.165) is 5.56 Å². The summed E-state index contributed by atoms with van der Waals surface area (Å²) in [5.41, 5.74) is 1.33. The van der Waals surface area contributed by atoms with Crippen LogP contribution in [0.15, 0.2) is 59.2 Å². The van der Waals surface area contributed by atoms with Crippen LogP contribution in [0.5, 0.6) is 5.75 Å².